The van der Waals surface area contributed by atoms with Crippen LogP contribution in [0, 0.1) is 0 Å². The van der Waals surface area contributed by atoms with Crippen LogP contribution in [0.15, 0.2) is 24.3 Å². The third-order valence-corrected chi connectivity index (χ3v) is 4.41. The first-order valence-corrected chi connectivity index (χ1v) is 8.21. The molecule has 0 aromatic heterocycles. The van der Waals surface area contributed by atoms with Crippen molar-refractivity contribution in [2.45, 2.75) is 64.0 Å². The highest BCUT2D eigenvalue weighted by Gasteiger charge is 2.23. The van der Waals surface area contributed by atoms with Crippen LogP contribution in [0.1, 0.15) is 62.7 Å². The van der Waals surface area contributed by atoms with Gasteiger partial charge in [-0.3, -0.25) is 0 Å². The number of benzene rings is 1. The van der Waals surface area contributed by atoms with Gasteiger partial charge in [0, 0.05) is 6.04 Å². The Morgan fingerprint density at radius 1 is 1.25 bits per heavy atom. The molecule has 1 N–H and O–H groups in total. The third-order valence-electron chi connectivity index (χ3n) is 4.41. The summed E-state index contributed by atoms with van der Waals surface area (Å²) in [6.07, 6.45) is 9.06. The van der Waals surface area contributed by atoms with Crippen LogP contribution in [0.2, 0.25) is 0 Å². The number of hydrogen-bond acceptors (Lipinski definition) is 2. The van der Waals surface area contributed by atoms with Crippen molar-refractivity contribution in [3.63, 3.8) is 0 Å². The van der Waals surface area contributed by atoms with E-state index in [-0.39, 0.29) is 6.10 Å². The van der Waals surface area contributed by atoms with Gasteiger partial charge < -0.3 is 10.1 Å². The van der Waals surface area contributed by atoms with Gasteiger partial charge in [-0.15, -0.1) is 0 Å². The minimum atomic E-state index is 0.281. The van der Waals surface area contributed by atoms with E-state index in [0.29, 0.717) is 6.04 Å². The van der Waals surface area contributed by atoms with Gasteiger partial charge in [0.2, 0.25) is 0 Å². The molecule has 2 heteroatoms. The van der Waals surface area contributed by atoms with Crippen molar-refractivity contribution >= 4 is 0 Å². The summed E-state index contributed by atoms with van der Waals surface area (Å²) >= 11 is 0. The number of fused-ring (bicyclic) bond motifs is 1. The van der Waals surface area contributed by atoms with Crippen LogP contribution in [0.3, 0.4) is 0 Å². The molecule has 112 valence electrons. The second kappa shape index (κ2) is 8.43. The Balaban J connectivity index is 1.88. The Hall–Kier alpha value is -0.860. The van der Waals surface area contributed by atoms with Crippen LogP contribution < -0.4 is 5.32 Å². The Kier molecular flexibility index (Phi) is 6.55. The number of ether oxygens (including phenoxy) is 1. The minimum Gasteiger partial charge on any atom is -0.373 e. The average Bonchev–Trinajstić information content (AvgIpc) is 2.50. The van der Waals surface area contributed by atoms with Gasteiger partial charge in [0.25, 0.3) is 0 Å². The molecule has 1 aliphatic heterocycles. The van der Waals surface area contributed by atoms with Gasteiger partial charge in [-0.05, 0) is 37.4 Å². The largest absolute Gasteiger partial charge is 0.373 e. The van der Waals surface area contributed by atoms with Crippen molar-refractivity contribution in [2.75, 3.05) is 13.7 Å². The molecule has 20 heavy (non-hydrogen) atoms. The molecule has 1 heterocycles. The van der Waals surface area contributed by atoms with Crippen LogP contribution in [0.25, 0.3) is 0 Å². The van der Waals surface area contributed by atoms with Crippen molar-refractivity contribution in [1.82, 2.24) is 5.32 Å². The van der Waals surface area contributed by atoms with Crippen molar-refractivity contribution in [2.24, 2.45) is 0 Å². The summed E-state index contributed by atoms with van der Waals surface area (Å²) < 4.78 is 6.02. The molecule has 0 saturated heterocycles. The molecule has 0 fully saturated rings. The maximum atomic E-state index is 6.02. The molecule has 0 aliphatic carbocycles. The van der Waals surface area contributed by atoms with Crippen LogP contribution in [-0.4, -0.2) is 19.7 Å². The Labute approximate surface area is 123 Å². The molecule has 1 aromatic rings. The maximum Gasteiger partial charge on any atom is 0.0842 e. The van der Waals surface area contributed by atoms with Crippen LogP contribution in [0.4, 0.5) is 0 Å². The van der Waals surface area contributed by atoms with Gasteiger partial charge in [0.1, 0.15) is 0 Å². The quantitative estimate of drug-likeness (QED) is 0.716. The normalized spacial score (nSPS) is 19.6. The van der Waals surface area contributed by atoms with E-state index < -0.39 is 0 Å². The van der Waals surface area contributed by atoms with E-state index in [9.17, 15) is 0 Å². The van der Waals surface area contributed by atoms with E-state index >= 15 is 0 Å². The van der Waals surface area contributed by atoms with E-state index in [0.717, 1.165) is 19.4 Å². The molecule has 0 amide bonds. The van der Waals surface area contributed by atoms with Gasteiger partial charge in [-0.2, -0.15) is 0 Å². The van der Waals surface area contributed by atoms with Crippen LogP contribution in [-0.2, 0) is 11.2 Å². The monoisotopic (exact) mass is 275 g/mol. The predicted molar refractivity (Wildman–Crippen MR) is 85.1 cm³/mol. The van der Waals surface area contributed by atoms with Gasteiger partial charge in [-0.1, -0.05) is 56.9 Å². The number of rotatable bonds is 8. The van der Waals surface area contributed by atoms with Crippen LogP contribution in [0.5, 0.6) is 0 Å². The van der Waals surface area contributed by atoms with Crippen LogP contribution >= 0.6 is 0 Å². The molecule has 2 rings (SSSR count). The molecule has 2 unspecified atom stereocenters. The summed E-state index contributed by atoms with van der Waals surface area (Å²) in [6, 6.07) is 9.34. The molecule has 2 atom stereocenters. The number of unbranched alkanes of at least 4 members (excludes halogenated alkanes) is 3. The summed E-state index contributed by atoms with van der Waals surface area (Å²) in [5, 5.41) is 3.48. The standard InChI is InChI=1S/C18H29NO/c1-3-4-5-6-10-16(19-2)14-18-17-11-8-7-9-15(17)12-13-20-18/h7-9,11,16,18-19H,3-6,10,12-14H2,1-2H3. The van der Waals surface area contributed by atoms with Gasteiger partial charge in [-0.25, -0.2) is 0 Å². The fourth-order valence-electron chi connectivity index (χ4n) is 3.13. The lowest BCUT2D eigenvalue weighted by molar-refractivity contribution is 0.0292. The Bertz CT molecular complexity index is 391. The highest BCUT2D eigenvalue weighted by molar-refractivity contribution is 5.31. The van der Waals surface area contributed by atoms with Gasteiger partial charge >= 0.3 is 0 Å². The Morgan fingerprint density at radius 2 is 2.10 bits per heavy atom. The molecule has 0 saturated carbocycles. The van der Waals surface area contributed by atoms with E-state index in [1.165, 1.54) is 43.2 Å². The fourth-order valence-corrected chi connectivity index (χ4v) is 3.13. The zero-order valence-electron chi connectivity index (χ0n) is 13.0. The van der Waals surface area contributed by atoms with Crippen molar-refractivity contribution in [3.8, 4) is 0 Å². The fraction of sp³-hybridized carbons (Fsp3) is 0.667. The first-order valence-electron chi connectivity index (χ1n) is 8.21. The van der Waals surface area contributed by atoms with Crippen molar-refractivity contribution in [3.05, 3.63) is 35.4 Å². The second-order valence-corrected chi connectivity index (χ2v) is 5.88. The second-order valence-electron chi connectivity index (χ2n) is 5.88. The zero-order chi connectivity index (χ0) is 14.2. The minimum absolute atomic E-state index is 0.281. The maximum absolute atomic E-state index is 6.02. The van der Waals surface area contributed by atoms with E-state index in [4.69, 9.17) is 4.74 Å². The highest BCUT2D eigenvalue weighted by Crippen LogP contribution is 2.31. The summed E-state index contributed by atoms with van der Waals surface area (Å²) in [5.74, 6) is 0. The summed E-state index contributed by atoms with van der Waals surface area (Å²) in [4.78, 5) is 0. The first-order chi connectivity index (χ1) is 9.85. The summed E-state index contributed by atoms with van der Waals surface area (Å²) in [7, 11) is 2.08. The predicted octanol–water partition coefficient (Wildman–Crippen LogP) is 4.25. The number of nitrogens with one attached hydrogen (secondary N) is 1. The van der Waals surface area contributed by atoms with E-state index in [1.807, 2.05) is 0 Å². The molecule has 2 nitrogen and oxygen atoms in total. The molecule has 1 aliphatic rings. The lowest BCUT2D eigenvalue weighted by atomic mass is 9.92. The van der Waals surface area contributed by atoms with Gasteiger partial charge in [0.05, 0.1) is 12.7 Å². The average molecular weight is 275 g/mol. The summed E-state index contributed by atoms with van der Waals surface area (Å²) in [6.45, 7) is 3.14. The molecule has 0 radical (unpaired) electrons. The van der Waals surface area contributed by atoms with Crippen molar-refractivity contribution < 1.29 is 4.74 Å². The topological polar surface area (TPSA) is 21.3 Å². The van der Waals surface area contributed by atoms with E-state index in [2.05, 4.69) is 43.6 Å². The molecular weight excluding hydrogens is 246 g/mol. The highest BCUT2D eigenvalue weighted by atomic mass is 16.5. The molecule has 1 aromatic carbocycles. The van der Waals surface area contributed by atoms with E-state index in [1.54, 1.807) is 0 Å². The summed E-state index contributed by atoms with van der Waals surface area (Å²) in [5.41, 5.74) is 2.89. The third kappa shape index (κ3) is 4.32. The molecule has 0 bridgehead atoms. The molecular formula is C18H29NO. The van der Waals surface area contributed by atoms with Gasteiger partial charge in [0.15, 0.2) is 0 Å². The lowest BCUT2D eigenvalue weighted by Crippen LogP contribution is -2.29. The molecule has 0 spiro atoms. The smallest absolute Gasteiger partial charge is 0.0842 e. The first kappa shape index (κ1) is 15.5. The lowest BCUT2D eigenvalue weighted by Gasteiger charge is -2.29. The van der Waals surface area contributed by atoms with Crippen molar-refractivity contribution in [1.29, 1.82) is 0 Å². The number of hydrogen-bond donors (Lipinski definition) is 1. The zero-order valence-corrected chi connectivity index (χ0v) is 13.0. The SMILES string of the molecule is CCCCCCC(CC1OCCc2ccccc21)NC. The Morgan fingerprint density at radius 3 is 2.90 bits per heavy atom.